The quantitative estimate of drug-likeness (QED) is 0.857. The Morgan fingerprint density at radius 1 is 0.885 bits per heavy atom. The van der Waals surface area contributed by atoms with E-state index >= 15 is 0 Å². The minimum absolute atomic E-state index is 0.219. The van der Waals surface area contributed by atoms with Crippen LogP contribution in [0.15, 0.2) is 42.5 Å². The van der Waals surface area contributed by atoms with Crippen LogP contribution in [-0.4, -0.2) is 30.9 Å². The molecule has 2 aliphatic heterocycles. The Kier molecular flexibility index (Phi) is 4.04. The van der Waals surface area contributed by atoms with Gasteiger partial charge in [-0.2, -0.15) is 0 Å². The van der Waals surface area contributed by atoms with Crippen molar-refractivity contribution in [2.75, 3.05) is 23.4 Å². The van der Waals surface area contributed by atoms with Gasteiger partial charge >= 0.3 is 0 Å². The molecule has 0 aliphatic carbocycles. The van der Waals surface area contributed by atoms with E-state index in [4.69, 9.17) is 9.47 Å². The predicted molar refractivity (Wildman–Crippen MR) is 93.6 cm³/mol. The van der Waals surface area contributed by atoms with Crippen molar-refractivity contribution in [1.82, 2.24) is 0 Å². The molecule has 0 bridgehead atoms. The zero-order valence-corrected chi connectivity index (χ0v) is 13.9. The largest absolute Gasteiger partial charge is 0.486 e. The molecule has 2 heterocycles. The van der Waals surface area contributed by atoms with Crippen LogP contribution in [0, 0.1) is 0 Å². The molecule has 1 N–H and O–H groups in total. The van der Waals surface area contributed by atoms with Gasteiger partial charge in [0.25, 0.3) is 5.91 Å². The first-order valence-electron chi connectivity index (χ1n) is 8.29. The molecule has 0 aromatic heterocycles. The molecule has 0 unspecified atom stereocenters. The third-order valence-corrected chi connectivity index (χ3v) is 4.24. The molecule has 132 valence electrons. The van der Waals surface area contributed by atoms with E-state index in [1.807, 2.05) is 0 Å². The average Bonchev–Trinajstić information content (AvgIpc) is 3.00. The van der Waals surface area contributed by atoms with E-state index in [0.717, 1.165) is 4.90 Å². The highest BCUT2D eigenvalue weighted by Gasteiger charge is 2.30. The van der Waals surface area contributed by atoms with Gasteiger partial charge in [0.05, 0.1) is 5.69 Å². The molecule has 0 spiro atoms. The highest BCUT2D eigenvalue weighted by Crippen LogP contribution is 2.32. The van der Waals surface area contributed by atoms with E-state index in [-0.39, 0.29) is 30.6 Å². The Morgan fingerprint density at radius 2 is 1.54 bits per heavy atom. The normalized spacial score (nSPS) is 15.9. The van der Waals surface area contributed by atoms with Crippen molar-refractivity contribution in [3.8, 4) is 11.5 Å². The second-order valence-electron chi connectivity index (χ2n) is 5.98. The summed E-state index contributed by atoms with van der Waals surface area (Å²) in [4.78, 5) is 37.1. The molecule has 2 aliphatic rings. The maximum Gasteiger partial charge on any atom is 0.255 e. The second kappa shape index (κ2) is 6.51. The molecule has 7 heteroatoms. The highest BCUT2D eigenvalue weighted by atomic mass is 16.6. The van der Waals surface area contributed by atoms with Crippen molar-refractivity contribution >= 4 is 29.1 Å². The summed E-state index contributed by atoms with van der Waals surface area (Å²) >= 11 is 0. The molecule has 4 rings (SSSR count). The van der Waals surface area contributed by atoms with Crippen molar-refractivity contribution < 1.29 is 23.9 Å². The van der Waals surface area contributed by atoms with Crippen LogP contribution in [0.25, 0.3) is 0 Å². The number of anilines is 2. The van der Waals surface area contributed by atoms with Gasteiger partial charge in [-0.15, -0.1) is 0 Å². The highest BCUT2D eigenvalue weighted by molar-refractivity contribution is 6.20. The summed E-state index contributed by atoms with van der Waals surface area (Å²) in [5, 5.41) is 2.79. The van der Waals surface area contributed by atoms with Gasteiger partial charge in [0.1, 0.15) is 13.2 Å². The molecular weight excluding hydrogens is 336 g/mol. The maximum absolute atomic E-state index is 12.4. The monoisotopic (exact) mass is 352 g/mol. The van der Waals surface area contributed by atoms with Crippen LogP contribution in [-0.2, 0) is 9.59 Å². The van der Waals surface area contributed by atoms with Crippen LogP contribution >= 0.6 is 0 Å². The van der Waals surface area contributed by atoms with Gasteiger partial charge in [0.2, 0.25) is 11.8 Å². The van der Waals surface area contributed by atoms with E-state index < -0.39 is 0 Å². The minimum atomic E-state index is -0.299. The first kappa shape index (κ1) is 16.1. The lowest BCUT2D eigenvalue weighted by Crippen LogP contribution is -2.28. The number of hydrogen-bond acceptors (Lipinski definition) is 5. The molecule has 3 amide bonds. The number of carbonyl (C=O) groups is 3. The summed E-state index contributed by atoms with van der Waals surface area (Å²) in [6.45, 7) is 0.979. The van der Waals surface area contributed by atoms with Gasteiger partial charge in [-0.05, 0) is 36.4 Å². The number of hydrogen-bond donors (Lipinski definition) is 1. The number of fused-ring (bicyclic) bond motifs is 1. The van der Waals surface area contributed by atoms with Gasteiger partial charge in [0, 0.05) is 30.2 Å². The summed E-state index contributed by atoms with van der Waals surface area (Å²) in [6.07, 6.45) is 0.455. The van der Waals surface area contributed by atoms with E-state index in [0.29, 0.717) is 41.7 Å². The number of nitrogens with one attached hydrogen (secondary N) is 1. The average molecular weight is 352 g/mol. The number of rotatable bonds is 3. The molecule has 2 aromatic rings. The van der Waals surface area contributed by atoms with Gasteiger partial charge < -0.3 is 14.8 Å². The summed E-state index contributed by atoms with van der Waals surface area (Å²) < 4.78 is 10.9. The minimum Gasteiger partial charge on any atom is -0.486 e. The third kappa shape index (κ3) is 2.99. The van der Waals surface area contributed by atoms with E-state index in [2.05, 4.69) is 5.32 Å². The Hall–Kier alpha value is -3.35. The van der Waals surface area contributed by atoms with Gasteiger partial charge in [-0.25, -0.2) is 0 Å². The summed E-state index contributed by atoms with van der Waals surface area (Å²) in [6, 6.07) is 11.6. The Balaban J connectivity index is 1.48. The number of imide groups is 1. The van der Waals surface area contributed by atoms with Gasteiger partial charge in [0.15, 0.2) is 11.5 Å². The Labute approximate surface area is 149 Å². The zero-order chi connectivity index (χ0) is 18.1. The van der Waals surface area contributed by atoms with Crippen LogP contribution in [0.5, 0.6) is 11.5 Å². The standard InChI is InChI=1S/C19H16N2O5/c22-17-7-8-18(23)21(17)14-4-1-12(2-5-14)19(24)20-13-3-6-15-16(11-13)26-10-9-25-15/h1-6,11H,7-10H2,(H,20,24). The molecule has 0 saturated carbocycles. The van der Waals surface area contributed by atoms with Crippen LogP contribution < -0.4 is 19.7 Å². The lowest BCUT2D eigenvalue weighted by atomic mass is 10.1. The zero-order valence-electron chi connectivity index (χ0n) is 13.9. The molecule has 1 saturated heterocycles. The maximum atomic E-state index is 12.4. The number of ether oxygens (including phenoxy) is 2. The summed E-state index contributed by atoms with van der Waals surface area (Å²) in [5.41, 5.74) is 1.49. The van der Waals surface area contributed by atoms with Crippen LogP contribution in [0.2, 0.25) is 0 Å². The van der Waals surface area contributed by atoms with Crippen LogP contribution in [0.3, 0.4) is 0 Å². The molecule has 2 aromatic carbocycles. The molecule has 26 heavy (non-hydrogen) atoms. The predicted octanol–water partition coefficient (Wildman–Crippen LogP) is 2.36. The van der Waals surface area contributed by atoms with Crippen LogP contribution in [0.1, 0.15) is 23.2 Å². The molecule has 1 fully saturated rings. The van der Waals surface area contributed by atoms with Crippen molar-refractivity contribution in [3.05, 3.63) is 48.0 Å². The van der Waals surface area contributed by atoms with Crippen molar-refractivity contribution in [1.29, 1.82) is 0 Å². The van der Waals surface area contributed by atoms with Crippen molar-refractivity contribution in [2.45, 2.75) is 12.8 Å². The molecule has 7 nitrogen and oxygen atoms in total. The Bertz CT molecular complexity index is 875. The number of amides is 3. The third-order valence-electron chi connectivity index (χ3n) is 4.24. The second-order valence-corrected chi connectivity index (χ2v) is 5.98. The Morgan fingerprint density at radius 3 is 2.23 bits per heavy atom. The van der Waals surface area contributed by atoms with E-state index in [1.165, 1.54) is 0 Å². The SMILES string of the molecule is O=C(Nc1ccc2c(c1)OCCO2)c1ccc(N2C(=O)CCC2=O)cc1. The topological polar surface area (TPSA) is 84.9 Å². The fourth-order valence-electron chi connectivity index (χ4n) is 2.95. The number of benzene rings is 2. The first-order chi connectivity index (χ1) is 12.6. The van der Waals surface area contributed by atoms with Gasteiger partial charge in [-0.3, -0.25) is 19.3 Å². The lowest BCUT2D eigenvalue weighted by Gasteiger charge is -2.19. The van der Waals surface area contributed by atoms with Crippen LogP contribution in [0.4, 0.5) is 11.4 Å². The first-order valence-corrected chi connectivity index (χ1v) is 8.29. The smallest absolute Gasteiger partial charge is 0.255 e. The van der Waals surface area contributed by atoms with Crippen molar-refractivity contribution in [2.24, 2.45) is 0 Å². The molecular formula is C19H16N2O5. The fraction of sp³-hybridized carbons (Fsp3) is 0.211. The number of nitrogens with zero attached hydrogens (tertiary/aromatic N) is 1. The fourth-order valence-corrected chi connectivity index (χ4v) is 2.95. The summed E-state index contributed by atoms with van der Waals surface area (Å²) in [7, 11) is 0. The van der Waals surface area contributed by atoms with E-state index in [9.17, 15) is 14.4 Å². The van der Waals surface area contributed by atoms with Gasteiger partial charge in [-0.1, -0.05) is 0 Å². The molecule has 0 radical (unpaired) electrons. The lowest BCUT2D eigenvalue weighted by molar-refractivity contribution is -0.121. The summed E-state index contributed by atoms with van der Waals surface area (Å²) in [5.74, 6) is 0.508. The van der Waals surface area contributed by atoms with Crippen molar-refractivity contribution in [3.63, 3.8) is 0 Å². The number of carbonyl (C=O) groups excluding carboxylic acids is 3. The van der Waals surface area contributed by atoms with E-state index in [1.54, 1.807) is 42.5 Å². The molecule has 0 atom stereocenters.